The summed E-state index contributed by atoms with van der Waals surface area (Å²) in [5, 5.41) is 0. The third-order valence-electron chi connectivity index (χ3n) is 3.08. The second-order valence-corrected chi connectivity index (χ2v) is 4.36. The Kier molecular flexibility index (Phi) is 4.45. The van der Waals surface area contributed by atoms with Crippen molar-refractivity contribution >= 4 is 11.6 Å². The van der Waals surface area contributed by atoms with Gasteiger partial charge in [-0.15, -0.1) is 0 Å². The molecule has 0 saturated heterocycles. The fraction of sp³-hybridized carbons (Fsp3) is 0.833. The second-order valence-electron chi connectivity index (χ2n) is 4.36. The topological polar surface area (TPSA) is 43.4 Å². The molecule has 0 radical (unpaired) electrons. The molecule has 0 heterocycles. The number of carbonyl (C=O) groups is 2. The van der Waals surface area contributed by atoms with Crippen LogP contribution in [0.3, 0.4) is 0 Å². The van der Waals surface area contributed by atoms with Crippen LogP contribution < -0.4 is 0 Å². The molecule has 3 atom stereocenters. The molecule has 1 fully saturated rings. The van der Waals surface area contributed by atoms with Gasteiger partial charge in [0, 0.05) is 18.9 Å². The summed E-state index contributed by atoms with van der Waals surface area (Å²) in [6.45, 7) is 6.73. The standard InChI is InChI=1S/C12H20O3/c1-4-15-6-5-11(13)9(3)12(14)10-7-8(10)2/h8-10H,4-7H2,1-3H3. The van der Waals surface area contributed by atoms with E-state index >= 15 is 0 Å². The molecular weight excluding hydrogens is 192 g/mol. The minimum absolute atomic E-state index is 0.0209. The summed E-state index contributed by atoms with van der Waals surface area (Å²) in [5.41, 5.74) is 0. The van der Waals surface area contributed by atoms with Crippen LogP contribution in [-0.4, -0.2) is 24.8 Å². The SMILES string of the molecule is CCOCCC(=O)C(C)C(=O)C1CC1C. The molecular formula is C12H20O3. The fourth-order valence-electron chi connectivity index (χ4n) is 1.73. The van der Waals surface area contributed by atoms with Crippen LogP contribution in [0.25, 0.3) is 0 Å². The molecule has 0 spiro atoms. The van der Waals surface area contributed by atoms with Gasteiger partial charge in [0.15, 0.2) is 0 Å². The van der Waals surface area contributed by atoms with Crippen LogP contribution in [0.5, 0.6) is 0 Å². The first-order valence-electron chi connectivity index (χ1n) is 5.72. The normalized spacial score (nSPS) is 26.1. The smallest absolute Gasteiger partial charge is 0.146 e. The molecule has 0 aliphatic heterocycles. The monoisotopic (exact) mass is 212 g/mol. The summed E-state index contributed by atoms with van der Waals surface area (Å²) in [6, 6.07) is 0. The van der Waals surface area contributed by atoms with Crippen molar-refractivity contribution in [3.05, 3.63) is 0 Å². The first kappa shape index (κ1) is 12.4. The van der Waals surface area contributed by atoms with Gasteiger partial charge in [0.05, 0.1) is 12.5 Å². The fourth-order valence-corrected chi connectivity index (χ4v) is 1.73. The number of carbonyl (C=O) groups excluding carboxylic acids is 2. The highest BCUT2D eigenvalue weighted by molar-refractivity contribution is 6.03. The molecule has 0 aromatic heterocycles. The molecule has 0 bridgehead atoms. The number of ether oxygens (including phenoxy) is 1. The lowest BCUT2D eigenvalue weighted by Crippen LogP contribution is -2.24. The molecule has 0 N–H and O–H groups in total. The zero-order valence-corrected chi connectivity index (χ0v) is 9.79. The molecule has 1 rings (SSSR count). The highest BCUT2D eigenvalue weighted by Gasteiger charge is 2.42. The first-order chi connectivity index (χ1) is 7.07. The summed E-state index contributed by atoms with van der Waals surface area (Å²) < 4.78 is 5.10. The number of hydrogen-bond donors (Lipinski definition) is 0. The molecule has 0 aromatic carbocycles. The van der Waals surface area contributed by atoms with Gasteiger partial charge >= 0.3 is 0 Å². The molecule has 3 unspecified atom stereocenters. The van der Waals surface area contributed by atoms with Gasteiger partial charge in [-0.2, -0.15) is 0 Å². The first-order valence-corrected chi connectivity index (χ1v) is 5.72. The third kappa shape index (κ3) is 3.42. The lowest BCUT2D eigenvalue weighted by Gasteiger charge is -2.08. The van der Waals surface area contributed by atoms with Crippen molar-refractivity contribution in [1.82, 2.24) is 0 Å². The van der Waals surface area contributed by atoms with E-state index in [0.29, 0.717) is 25.6 Å². The van der Waals surface area contributed by atoms with Gasteiger partial charge in [-0.25, -0.2) is 0 Å². The van der Waals surface area contributed by atoms with Gasteiger partial charge in [-0.05, 0) is 26.2 Å². The lowest BCUT2D eigenvalue weighted by atomic mass is 9.95. The van der Waals surface area contributed by atoms with E-state index in [1.165, 1.54) is 0 Å². The van der Waals surface area contributed by atoms with Crippen LogP contribution in [0.4, 0.5) is 0 Å². The quantitative estimate of drug-likeness (QED) is 0.478. The van der Waals surface area contributed by atoms with E-state index in [-0.39, 0.29) is 17.5 Å². The van der Waals surface area contributed by atoms with E-state index in [9.17, 15) is 9.59 Å². The van der Waals surface area contributed by atoms with Crippen LogP contribution >= 0.6 is 0 Å². The predicted molar refractivity (Wildman–Crippen MR) is 57.6 cm³/mol. The van der Waals surface area contributed by atoms with Crippen LogP contribution in [-0.2, 0) is 14.3 Å². The summed E-state index contributed by atoms with van der Waals surface area (Å²) in [7, 11) is 0. The molecule has 1 saturated carbocycles. The molecule has 1 aliphatic carbocycles. The van der Waals surface area contributed by atoms with Gasteiger partial charge in [0.1, 0.15) is 11.6 Å². The highest BCUT2D eigenvalue weighted by Crippen LogP contribution is 2.40. The lowest BCUT2D eigenvalue weighted by molar-refractivity contribution is -0.133. The molecule has 3 heteroatoms. The Bertz CT molecular complexity index is 247. The van der Waals surface area contributed by atoms with Crippen molar-refractivity contribution < 1.29 is 14.3 Å². The van der Waals surface area contributed by atoms with Crippen molar-refractivity contribution in [2.24, 2.45) is 17.8 Å². The third-order valence-corrected chi connectivity index (χ3v) is 3.08. The van der Waals surface area contributed by atoms with Gasteiger partial charge in [-0.3, -0.25) is 9.59 Å². The maximum absolute atomic E-state index is 11.7. The van der Waals surface area contributed by atoms with Crippen LogP contribution in [0.1, 0.15) is 33.6 Å². The Balaban J connectivity index is 2.29. The Morgan fingerprint density at radius 1 is 1.47 bits per heavy atom. The van der Waals surface area contributed by atoms with Crippen LogP contribution in [0.2, 0.25) is 0 Å². The van der Waals surface area contributed by atoms with Crippen LogP contribution in [0, 0.1) is 17.8 Å². The maximum Gasteiger partial charge on any atom is 0.146 e. The average Bonchev–Trinajstić information content (AvgIpc) is 2.93. The maximum atomic E-state index is 11.7. The van der Waals surface area contributed by atoms with E-state index in [1.54, 1.807) is 6.92 Å². The van der Waals surface area contributed by atoms with Crippen LogP contribution in [0.15, 0.2) is 0 Å². The summed E-state index contributed by atoms with van der Waals surface area (Å²) >= 11 is 0. The molecule has 1 aliphatic rings. The average molecular weight is 212 g/mol. The summed E-state index contributed by atoms with van der Waals surface area (Å²) in [6.07, 6.45) is 1.32. The largest absolute Gasteiger partial charge is 0.381 e. The van der Waals surface area contributed by atoms with E-state index in [4.69, 9.17) is 4.74 Å². The van der Waals surface area contributed by atoms with Gasteiger partial charge in [-0.1, -0.05) is 6.92 Å². The minimum Gasteiger partial charge on any atom is -0.381 e. The van der Waals surface area contributed by atoms with E-state index in [0.717, 1.165) is 6.42 Å². The van der Waals surface area contributed by atoms with E-state index in [1.807, 2.05) is 6.92 Å². The highest BCUT2D eigenvalue weighted by atomic mass is 16.5. The van der Waals surface area contributed by atoms with Gasteiger partial charge in [0.2, 0.25) is 0 Å². The van der Waals surface area contributed by atoms with Crippen molar-refractivity contribution in [2.75, 3.05) is 13.2 Å². The van der Waals surface area contributed by atoms with Crippen molar-refractivity contribution in [3.8, 4) is 0 Å². The molecule has 86 valence electrons. The van der Waals surface area contributed by atoms with E-state index < -0.39 is 5.92 Å². The Hall–Kier alpha value is -0.700. The number of rotatable bonds is 7. The number of Topliss-reactive ketones (excluding diaryl/α,β-unsaturated/α-hetero) is 2. The zero-order valence-electron chi connectivity index (χ0n) is 9.79. The van der Waals surface area contributed by atoms with Gasteiger partial charge < -0.3 is 4.74 Å². The Morgan fingerprint density at radius 2 is 2.07 bits per heavy atom. The van der Waals surface area contributed by atoms with E-state index in [2.05, 4.69) is 6.92 Å². The zero-order chi connectivity index (χ0) is 11.4. The van der Waals surface area contributed by atoms with Gasteiger partial charge in [0.25, 0.3) is 0 Å². The Labute approximate surface area is 91.2 Å². The van der Waals surface area contributed by atoms with Crippen molar-refractivity contribution in [1.29, 1.82) is 0 Å². The second kappa shape index (κ2) is 5.40. The summed E-state index contributed by atoms with van der Waals surface area (Å²) in [5.74, 6) is 0.354. The summed E-state index contributed by atoms with van der Waals surface area (Å²) in [4.78, 5) is 23.3. The van der Waals surface area contributed by atoms with Crippen molar-refractivity contribution in [3.63, 3.8) is 0 Å². The molecule has 15 heavy (non-hydrogen) atoms. The minimum atomic E-state index is -0.430. The number of hydrogen-bond acceptors (Lipinski definition) is 3. The predicted octanol–water partition coefficient (Wildman–Crippen LogP) is 1.84. The Morgan fingerprint density at radius 3 is 2.53 bits per heavy atom. The van der Waals surface area contributed by atoms with Crippen molar-refractivity contribution in [2.45, 2.75) is 33.6 Å². The molecule has 0 aromatic rings. The number of ketones is 2. The molecule has 0 amide bonds. The molecule has 3 nitrogen and oxygen atoms in total.